The Bertz CT molecular complexity index is 1010. The summed E-state index contributed by atoms with van der Waals surface area (Å²) in [4.78, 5) is 34.3. The normalized spacial score (nSPS) is 16.2. The van der Waals surface area contributed by atoms with Crippen LogP contribution in [0.25, 0.3) is 0 Å². The minimum Gasteiger partial charge on any atom is -0.389 e. The van der Waals surface area contributed by atoms with Gasteiger partial charge >= 0.3 is 6.03 Å². The Labute approximate surface area is 215 Å². The lowest BCUT2D eigenvalue weighted by Gasteiger charge is -2.40. The molecular weight excluding hydrogens is 486 g/mol. The number of piperazine rings is 1. The first-order chi connectivity index (χ1) is 16.3. The molecule has 0 bridgehead atoms. The smallest absolute Gasteiger partial charge is 0.322 e. The number of Topliss-reactive ketones (excluding diaryl/α,β-unsaturated/α-hetero) is 1. The number of hydrogen-bond acceptors (Lipinski definition) is 6. The molecule has 3 rings (SSSR count). The number of nitrogens with zero attached hydrogens (tertiary/aromatic N) is 4. The topological polar surface area (TPSA) is 89.0 Å². The predicted molar refractivity (Wildman–Crippen MR) is 149 cm³/mol. The van der Waals surface area contributed by atoms with Gasteiger partial charge in [0.1, 0.15) is 12.4 Å². The van der Waals surface area contributed by atoms with E-state index >= 15 is 0 Å². The van der Waals surface area contributed by atoms with Gasteiger partial charge < -0.3 is 25.1 Å². The van der Waals surface area contributed by atoms with E-state index in [1.165, 1.54) is 11.8 Å². The van der Waals surface area contributed by atoms with Crippen LogP contribution < -0.4 is 15.1 Å². The average molecular weight is 524 g/mol. The van der Waals surface area contributed by atoms with E-state index in [2.05, 4.69) is 53.0 Å². The second-order valence-corrected chi connectivity index (χ2v) is 14.1. The van der Waals surface area contributed by atoms with E-state index in [1.807, 2.05) is 48.3 Å². The van der Waals surface area contributed by atoms with Gasteiger partial charge in [0.05, 0.1) is 16.9 Å². The maximum atomic E-state index is 12.8. The number of pyridine rings is 1. The lowest BCUT2D eigenvalue weighted by atomic mass is 10.2. The number of carbonyl (C=O) groups excluding carboxylic acids is 2. The maximum Gasteiger partial charge on any atom is 0.322 e. The highest BCUT2D eigenvalue weighted by Gasteiger charge is 2.29. The van der Waals surface area contributed by atoms with Gasteiger partial charge in [-0.05, 0) is 67.8 Å². The fourth-order valence-corrected chi connectivity index (χ4v) is 4.72. The Kier molecular flexibility index (Phi) is 10.2. The molecular formula is C25H38ClN5O3S. The minimum absolute atomic E-state index is 0.0448. The van der Waals surface area contributed by atoms with Gasteiger partial charge in [-0.15, -0.1) is 0 Å². The van der Waals surface area contributed by atoms with E-state index < -0.39 is 10.0 Å². The molecule has 0 radical (unpaired) electrons. The van der Waals surface area contributed by atoms with Crippen LogP contribution in [0.15, 0.2) is 41.4 Å². The third kappa shape index (κ3) is 8.30. The van der Waals surface area contributed by atoms with Crippen LogP contribution in [0.2, 0.25) is 5.02 Å². The Morgan fingerprint density at radius 3 is 2.26 bits per heavy atom. The Hall–Kier alpha value is -2.49. The molecule has 1 aromatic heterocycles. The van der Waals surface area contributed by atoms with Crippen LogP contribution in [-0.4, -0.2) is 92.0 Å². The van der Waals surface area contributed by atoms with Crippen LogP contribution in [0, 0.1) is 0 Å². The van der Waals surface area contributed by atoms with Gasteiger partial charge in [-0.2, -0.15) is 0 Å². The molecule has 1 aliphatic heterocycles. The number of halogens is 1. The zero-order chi connectivity index (χ0) is 26.3. The van der Waals surface area contributed by atoms with E-state index in [1.54, 1.807) is 0 Å². The molecule has 1 saturated heterocycles. The zero-order valence-electron chi connectivity index (χ0n) is 21.7. The fourth-order valence-electron chi connectivity index (χ4n) is 3.49. The van der Waals surface area contributed by atoms with Crippen LogP contribution in [0.5, 0.6) is 0 Å². The second kappa shape index (κ2) is 12.5. The standard InChI is InChI=1S/C22H32ClN5OS.C3H6O2/c1-16-15-27(21-20(23)13-18(14-24-21)26(2)3)11-12-28(16)22(29)25-17-7-9-19(10-8-17)30(4,5)6;1-3(5)2-4/h7-10,13-14,16H,11-12,15H2,1-6H3,(H,25,29);4H,2H2,1H3. The molecule has 1 atom stereocenters. The highest BCUT2D eigenvalue weighted by molar-refractivity contribution is 8.32. The van der Waals surface area contributed by atoms with Gasteiger partial charge in [0.2, 0.25) is 0 Å². The molecule has 1 fully saturated rings. The van der Waals surface area contributed by atoms with Gasteiger partial charge in [0, 0.05) is 45.5 Å². The minimum atomic E-state index is -0.769. The van der Waals surface area contributed by atoms with E-state index in [4.69, 9.17) is 16.7 Å². The number of amides is 2. The van der Waals surface area contributed by atoms with Crippen LogP contribution in [-0.2, 0) is 4.79 Å². The number of nitrogens with one attached hydrogen (secondary N) is 1. The number of aromatic nitrogens is 1. The number of carbonyl (C=O) groups is 2. The molecule has 1 unspecified atom stereocenters. The van der Waals surface area contributed by atoms with Crippen molar-refractivity contribution in [3.63, 3.8) is 0 Å². The number of urea groups is 1. The number of aliphatic hydroxyl groups is 1. The van der Waals surface area contributed by atoms with E-state index in [0.29, 0.717) is 24.7 Å². The number of rotatable bonds is 5. The van der Waals surface area contributed by atoms with E-state index in [-0.39, 0.29) is 24.5 Å². The monoisotopic (exact) mass is 523 g/mol. The van der Waals surface area contributed by atoms with Crippen molar-refractivity contribution in [2.45, 2.75) is 24.8 Å². The lowest BCUT2D eigenvalue weighted by molar-refractivity contribution is -0.119. The number of hydrogen-bond donors (Lipinski definition) is 2. The summed E-state index contributed by atoms with van der Waals surface area (Å²) in [7, 11) is 3.16. The summed E-state index contributed by atoms with van der Waals surface area (Å²) in [5, 5.41) is 11.5. The van der Waals surface area contributed by atoms with Crippen molar-refractivity contribution in [3.8, 4) is 0 Å². The zero-order valence-corrected chi connectivity index (χ0v) is 23.3. The van der Waals surface area contributed by atoms with Crippen molar-refractivity contribution < 1.29 is 14.7 Å². The highest BCUT2D eigenvalue weighted by atomic mass is 35.5. The Balaban J connectivity index is 0.000000784. The summed E-state index contributed by atoms with van der Waals surface area (Å²) in [6, 6.07) is 10.1. The molecule has 2 N–H and O–H groups in total. The molecule has 2 aromatic rings. The number of benzene rings is 1. The number of aliphatic hydroxyl groups excluding tert-OH is 1. The molecule has 1 aromatic carbocycles. The van der Waals surface area contributed by atoms with Crippen molar-refractivity contribution in [1.82, 2.24) is 9.88 Å². The van der Waals surface area contributed by atoms with Crippen molar-refractivity contribution in [2.75, 3.05) is 74.2 Å². The third-order valence-electron chi connectivity index (χ3n) is 5.55. The summed E-state index contributed by atoms with van der Waals surface area (Å²) in [6.45, 7) is 5.05. The molecule has 2 amide bonds. The van der Waals surface area contributed by atoms with Crippen LogP contribution in [0.4, 0.5) is 22.0 Å². The summed E-state index contributed by atoms with van der Waals surface area (Å²) in [5.74, 6) is 0.583. The van der Waals surface area contributed by atoms with E-state index in [0.717, 1.165) is 17.2 Å². The summed E-state index contributed by atoms with van der Waals surface area (Å²) in [6.07, 6.45) is 8.61. The molecule has 35 heavy (non-hydrogen) atoms. The van der Waals surface area contributed by atoms with Crippen LogP contribution >= 0.6 is 21.6 Å². The number of anilines is 3. The Morgan fingerprint density at radius 2 is 1.80 bits per heavy atom. The van der Waals surface area contributed by atoms with Gasteiger partial charge in [-0.1, -0.05) is 11.6 Å². The molecule has 0 aliphatic carbocycles. The molecule has 0 spiro atoms. The summed E-state index contributed by atoms with van der Waals surface area (Å²) < 4.78 is 0. The van der Waals surface area contributed by atoms with Gasteiger partial charge in [0.15, 0.2) is 5.78 Å². The molecule has 10 heteroatoms. The van der Waals surface area contributed by atoms with Gasteiger partial charge in [0.25, 0.3) is 0 Å². The van der Waals surface area contributed by atoms with Crippen LogP contribution in [0.1, 0.15) is 13.8 Å². The van der Waals surface area contributed by atoms with Gasteiger partial charge in [-0.25, -0.2) is 19.8 Å². The quantitative estimate of drug-likeness (QED) is 0.611. The average Bonchev–Trinajstić information content (AvgIpc) is 2.78. The first-order valence-electron chi connectivity index (χ1n) is 11.4. The summed E-state index contributed by atoms with van der Waals surface area (Å²) >= 11 is 6.48. The first-order valence-corrected chi connectivity index (χ1v) is 14.6. The first kappa shape index (κ1) is 28.7. The molecule has 8 nitrogen and oxygen atoms in total. The van der Waals surface area contributed by atoms with Crippen LogP contribution in [0.3, 0.4) is 0 Å². The van der Waals surface area contributed by atoms with Crippen molar-refractivity contribution in [3.05, 3.63) is 41.6 Å². The van der Waals surface area contributed by atoms with E-state index in [9.17, 15) is 9.59 Å². The van der Waals surface area contributed by atoms with Gasteiger partial charge in [-0.3, -0.25) is 4.79 Å². The third-order valence-corrected chi connectivity index (χ3v) is 7.51. The van der Waals surface area contributed by atoms with Crippen molar-refractivity contribution in [1.29, 1.82) is 0 Å². The summed E-state index contributed by atoms with van der Waals surface area (Å²) in [5.41, 5.74) is 1.79. The maximum absolute atomic E-state index is 12.8. The molecule has 0 saturated carbocycles. The fraction of sp³-hybridized carbons (Fsp3) is 0.480. The highest BCUT2D eigenvalue weighted by Crippen LogP contribution is 2.45. The molecule has 2 heterocycles. The lowest BCUT2D eigenvalue weighted by Crippen LogP contribution is -2.55. The van der Waals surface area contributed by atoms with Crippen molar-refractivity contribution >= 4 is 50.6 Å². The SMILES string of the molecule is CC(=O)CO.CC1CN(c2ncc(N(C)C)cc2Cl)CCN1C(=O)Nc1ccc(S(C)(C)C)cc1. The second-order valence-electron chi connectivity index (χ2n) is 9.53. The van der Waals surface area contributed by atoms with Crippen molar-refractivity contribution in [2.24, 2.45) is 0 Å². The number of ketones is 1. The largest absolute Gasteiger partial charge is 0.389 e. The molecule has 1 aliphatic rings. The predicted octanol–water partition coefficient (Wildman–Crippen LogP) is 4.16. The molecule has 194 valence electrons. The Morgan fingerprint density at radius 1 is 1.20 bits per heavy atom.